The van der Waals surface area contributed by atoms with Crippen molar-refractivity contribution in [1.82, 2.24) is 15.4 Å². The summed E-state index contributed by atoms with van der Waals surface area (Å²) in [5, 5.41) is 18.0. The maximum atomic E-state index is 10.1. The first-order valence-electron chi connectivity index (χ1n) is 2.17. The third-order valence-electron chi connectivity index (χ3n) is 0.744. The first kappa shape index (κ1) is 10.1. The Bertz CT molecular complexity index is 220. The molecule has 0 saturated heterocycles. The second-order valence-electron chi connectivity index (χ2n) is 1.34. The molecule has 0 radical (unpaired) electrons. The minimum atomic E-state index is -1.04. The second kappa shape index (κ2) is 4.86. The molecule has 1 rings (SSSR count). The van der Waals surface area contributed by atoms with E-state index in [1.807, 2.05) is 0 Å². The first-order valence-corrected chi connectivity index (χ1v) is 2.17. The van der Waals surface area contributed by atoms with E-state index in [9.17, 15) is 4.79 Å². The molecule has 48 valence electrons. The number of carbonyl (C=O) groups is 1. The van der Waals surface area contributed by atoms with Gasteiger partial charge in [0.15, 0.2) is 0 Å². The predicted octanol–water partition coefficient (Wildman–Crippen LogP) is -3.31. The van der Waals surface area contributed by atoms with Gasteiger partial charge >= 0.3 is 57.4 Å². The van der Waals surface area contributed by atoms with Crippen molar-refractivity contribution in [3.8, 4) is 0 Å². The molecule has 1 aromatic heterocycles. The molecule has 6 heteroatoms. The van der Waals surface area contributed by atoms with Crippen LogP contribution in [0.3, 0.4) is 0 Å². The molecule has 0 saturated carbocycles. The Morgan fingerprint density at radius 2 is 2.00 bits per heavy atom. The number of aromatic carboxylic acids is 1. The molecule has 0 amide bonds. The predicted molar refractivity (Wildman–Crippen MR) is 27.9 cm³/mol. The molecular weight excluding hydrogens is 161 g/mol. The molecule has 0 spiro atoms. The van der Waals surface area contributed by atoms with Crippen LogP contribution in [0.5, 0.6) is 0 Å². The van der Waals surface area contributed by atoms with Gasteiger partial charge in [0.25, 0.3) is 0 Å². The zero-order chi connectivity index (χ0) is 6.69. The summed E-state index contributed by atoms with van der Waals surface area (Å²) in [4.78, 5) is 10.1. The van der Waals surface area contributed by atoms with Crippen LogP contribution in [0, 0.1) is 0 Å². The van der Waals surface area contributed by atoms with Crippen LogP contribution in [0.4, 0.5) is 0 Å². The Balaban J connectivity index is 0. The van der Waals surface area contributed by atoms with Gasteiger partial charge in [0.1, 0.15) is 0 Å². The van der Waals surface area contributed by atoms with Gasteiger partial charge in [-0.25, -0.2) is 4.79 Å². The monoisotopic (exact) mass is 165 g/mol. The molecule has 0 unspecified atom stereocenters. The van der Waals surface area contributed by atoms with Gasteiger partial charge in [-0.15, -0.1) is 10.2 Å². The first-order chi connectivity index (χ1) is 4.30. The number of hydrogen-bond donors (Lipinski definition) is 1. The normalized spacial score (nSPS) is 8.00. The van der Waals surface area contributed by atoms with E-state index in [0.29, 0.717) is 0 Å². The van der Waals surface area contributed by atoms with Gasteiger partial charge in [-0.2, -0.15) is 0 Å². The van der Waals surface area contributed by atoms with Crippen molar-refractivity contribution < 1.29 is 62.7 Å². The van der Waals surface area contributed by atoms with Crippen LogP contribution in [0.25, 0.3) is 0 Å². The van der Waals surface area contributed by atoms with Crippen LogP contribution in [-0.4, -0.2) is 26.5 Å². The van der Waals surface area contributed by atoms with Crippen molar-refractivity contribution >= 4 is 5.97 Å². The van der Waals surface area contributed by atoms with Crippen LogP contribution in [0.15, 0.2) is 12.4 Å². The third kappa shape index (κ3) is 2.80. The quantitative estimate of drug-likeness (QED) is 0.441. The maximum absolute atomic E-state index is 10.1. The molecule has 0 aliphatic heterocycles. The smallest absolute Gasteiger partial charge is 1.00 e. The maximum Gasteiger partial charge on any atom is 1.00 e. The van der Waals surface area contributed by atoms with Crippen LogP contribution >= 0.6 is 0 Å². The molecule has 1 aromatic rings. The summed E-state index contributed by atoms with van der Waals surface area (Å²) in [6.45, 7) is 0. The molecule has 0 aliphatic carbocycles. The van der Waals surface area contributed by atoms with Gasteiger partial charge < -0.3 is 6.53 Å². The minimum absolute atomic E-state index is 0. The summed E-state index contributed by atoms with van der Waals surface area (Å²) in [6, 6.07) is 0. The third-order valence-corrected chi connectivity index (χ3v) is 0.744. The summed E-state index contributed by atoms with van der Waals surface area (Å²) in [5.74, 6) is -1.04. The standard InChI is InChI=1S/C4H3N3O2.K.H/c8-4(9)3-1-5-7-6-2-3;;/h1-2H,(H,8,9);;/q;+1;-1. The van der Waals surface area contributed by atoms with E-state index >= 15 is 0 Å². The zero-order valence-electron chi connectivity index (χ0n) is 6.35. The van der Waals surface area contributed by atoms with Crippen LogP contribution in [0.2, 0.25) is 0 Å². The fourth-order valence-corrected chi connectivity index (χ4v) is 0.350. The van der Waals surface area contributed by atoms with Crippen LogP contribution in [0.1, 0.15) is 11.8 Å². The van der Waals surface area contributed by atoms with Gasteiger partial charge in [0.2, 0.25) is 0 Å². The molecule has 0 bridgehead atoms. The van der Waals surface area contributed by atoms with Crippen LogP contribution < -0.4 is 51.4 Å². The zero-order valence-corrected chi connectivity index (χ0v) is 8.47. The molecule has 1 heterocycles. The molecular formula is C4H4KN3O2. The summed E-state index contributed by atoms with van der Waals surface area (Å²) in [7, 11) is 0. The molecule has 0 aliphatic rings. The van der Waals surface area contributed by atoms with Gasteiger partial charge in [0.05, 0.1) is 18.0 Å². The Kier molecular flexibility index (Phi) is 4.92. The van der Waals surface area contributed by atoms with Crippen LogP contribution in [-0.2, 0) is 0 Å². The van der Waals surface area contributed by atoms with Crippen molar-refractivity contribution in [3.05, 3.63) is 18.0 Å². The van der Waals surface area contributed by atoms with E-state index in [2.05, 4.69) is 15.4 Å². The summed E-state index contributed by atoms with van der Waals surface area (Å²) in [5.41, 5.74) is 0.0463. The van der Waals surface area contributed by atoms with E-state index in [0.717, 1.165) is 12.4 Å². The number of carboxylic acid groups (broad SMARTS) is 1. The Morgan fingerprint density at radius 3 is 2.30 bits per heavy atom. The molecule has 0 aromatic carbocycles. The summed E-state index contributed by atoms with van der Waals surface area (Å²) >= 11 is 0. The van der Waals surface area contributed by atoms with Gasteiger partial charge in [0, 0.05) is 0 Å². The van der Waals surface area contributed by atoms with E-state index in [4.69, 9.17) is 5.11 Å². The molecule has 0 fully saturated rings. The number of rotatable bonds is 1. The molecule has 0 atom stereocenters. The fourth-order valence-electron chi connectivity index (χ4n) is 0.350. The second-order valence-corrected chi connectivity index (χ2v) is 1.34. The van der Waals surface area contributed by atoms with Crippen molar-refractivity contribution in [2.24, 2.45) is 0 Å². The van der Waals surface area contributed by atoms with E-state index in [-0.39, 0.29) is 58.4 Å². The Morgan fingerprint density at radius 1 is 1.50 bits per heavy atom. The number of nitrogens with zero attached hydrogens (tertiary/aromatic N) is 3. The minimum Gasteiger partial charge on any atom is -1.00 e. The van der Waals surface area contributed by atoms with Crippen molar-refractivity contribution in [2.75, 3.05) is 0 Å². The van der Waals surface area contributed by atoms with Gasteiger partial charge in [-0.1, -0.05) is 0 Å². The Labute approximate surface area is 101 Å². The number of aromatic nitrogens is 3. The van der Waals surface area contributed by atoms with Crippen molar-refractivity contribution in [1.29, 1.82) is 0 Å². The molecule has 10 heavy (non-hydrogen) atoms. The van der Waals surface area contributed by atoms with Crippen molar-refractivity contribution in [3.63, 3.8) is 0 Å². The fraction of sp³-hybridized carbons (Fsp3) is 0. The van der Waals surface area contributed by atoms with E-state index in [1.54, 1.807) is 0 Å². The summed E-state index contributed by atoms with van der Waals surface area (Å²) < 4.78 is 0. The van der Waals surface area contributed by atoms with Gasteiger partial charge in [-0.05, 0) is 5.21 Å². The van der Waals surface area contributed by atoms with E-state index in [1.165, 1.54) is 0 Å². The van der Waals surface area contributed by atoms with Crippen molar-refractivity contribution in [2.45, 2.75) is 0 Å². The topological polar surface area (TPSA) is 76.0 Å². The Hall–Kier alpha value is 0.116. The molecule has 1 N–H and O–H groups in total. The SMILES string of the molecule is O=C(O)c1cnnnc1.[H-].[K+]. The molecule has 5 nitrogen and oxygen atoms in total. The largest absolute Gasteiger partial charge is 1.00 e. The number of hydrogen-bond acceptors (Lipinski definition) is 4. The summed E-state index contributed by atoms with van der Waals surface area (Å²) in [6.07, 6.45) is 2.27. The average molecular weight is 165 g/mol. The van der Waals surface area contributed by atoms with E-state index < -0.39 is 5.97 Å². The van der Waals surface area contributed by atoms with Gasteiger partial charge in [-0.3, -0.25) is 0 Å². The number of carboxylic acids is 1. The average Bonchev–Trinajstić information content (AvgIpc) is 1.90.